The number of nitrogens with zero attached hydrogens (tertiary/aromatic N) is 1. The van der Waals surface area contributed by atoms with Crippen molar-refractivity contribution in [2.75, 3.05) is 19.7 Å². The lowest BCUT2D eigenvalue weighted by Crippen LogP contribution is -2.51. The standard InChI is InChI=1S/C30H42N2O7S/c1-20(2)17-32(40(36,37)26-10-9-21(3)24(15-26)19-33)18-28(34)27(13-22-7-5-4-6-8-22)31-30(35)39-25-14-23-11-12-38-29(23)16-25/h4-10,15,20,23,25,27-29,33-34H,11-14,16-19H2,1-3H3,(H,31,35)/t23?,25-,27+,28-,29-/m1/s1. The average Bonchev–Trinajstić information content (AvgIpc) is 3.50. The van der Waals surface area contributed by atoms with Crippen LogP contribution in [0.15, 0.2) is 53.4 Å². The van der Waals surface area contributed by atoms with E-state index in [1.807, 2.05) is 51.1 Å². The number of aryl methyl sites for hydroxylation is 1. The number of aliphatic hydroxyl groups is 2. The van der Waals surface area contributed by atoms with E-state index in [1.165, 1.54) is 16.4 Å². The van der Waals surface area contributed by atoms with Crippen molar-refractivity contribution in [1.82, 2.24) is 9.62 Å². The van der Waals surface area contributed by atoms with Crippen LogP contribution in [0, 0.1) is 18.8 Å². The van der Waals surface area contributed by atoms with Gasteiger partial charge in [0, 0.05) is 26.1 Å². The molecule has 40 heavy (non-hydrogen) atoms. The van der Waals surface area contributed by atoms with E-state index in [1.54, 1.807) is 6.07 Å². The van der Waals surface area contributed by atoms with E-state index in [0.717, 1.165) is 30.6 Å². The first-order chi connectivity index (χ1) is 19.1. The molecule has 0 aromatic heterocycles. The molecule has 2 aromatic carbocycles. The Morgan fingerprint density at radius 2 is 1.90 bits per heavy atom. The molecule has 1 heterocycles. The number of carbonyl (C=O) groups is 1. The van der Waals surface area contributed by atoms with Gasteiger partial charge in [0.2, 0.25) is 10.0 Å². The van der Waals surface area contributed by atoms with Crippen LogP contribution in [0.5, 0.6) is 0 Å². The highest BCUT2D eigenvalue weighted by molar-refractivity contribution is 7.89. The number of benzene rings is 2. The van der Waals surface area contributed by atoms with Gasteiger partial charge in [-0.25, -0.2) is 13.2 Å². The molecule has 4 rings (SSSR count). The lowest BCUT2D eigenvalue weighted by atomic mass is 10.0. The highest BCUT2D eigenvalue weighted by atomic mass is 32.2. The number of carbonyl (C=O) groups excluding carboxylic acids is 1. The van der Waals surface area contributed by atoms with Crippen molar-refractivity contribution >= 4 is 16.1 Å². The fourth-order valence-corrected chi connectivity index (χ4v) is 7.31. The monoisotopic (exact) mass is 574 g/mol. The fourth-order valence-electron chi connectivity index (χ4n) is 5.64. The minimum Gasteiger partial charge on any atom is -0.446 e. The predicted molar refractivity (Wildman–Crippen MR) is 151 cm³/mol. The zero-order valence-corrected chi connectivity index (χ0v) is 24.3. The third-order valence-corrected chi connectivity index (χ3v) is 9.66. The number of hydrogen-bond donors (Lipinski definition) is 3. The summed E-state index contributed by atoms with van der Waals surface area (Å²) < 4.78 is 40.1. The lowest BCUT2D eigenvalue weighted by Gasteiger charge is -2.31. The van der Waals surface area contributed by atoms with Crippen molar-refractivity contribution in [1.29, 1.82) is 0 Å². The van der Waals surface area contributed by atoms with E-state index in [0.29, 0.717) is 24.3 Å². The van der Waals surface area contributed by atoms with Gasteiger partial charge in [0.15, 0.2) is 0 Å². The van der Waals surface area contributed by atoms with Gasteiger partial charge in [0.05, 0.1) is 29.8 Å². The van der Waals surface area contributed by atoms with Crippen LogP contribution in [0.4, 0.5) is 4.79 Å². The van der Waals surface area contributed by atoms with Gasteiger partial charge in [-0.15, -0.1) is 0 Å². The number of alkyl carbamates (subject to hydrolysis) is 1. The number of hydrogen-bond acceptors (Lipinski definition) is 7. The maximum atomic E-state index is 13.7. The lowest BCUT2D eigenvalue weighted by molar-refractivity contribution is 0.0554. The van der Waals surface area contributed by atoms with Gasteiger partial charge in [0.1, 0.15) is 6.10 Å². The fraction of sp³-hybridized carbons (Fsp3) is 0.567. The highest BCUT2D eigenvalue weighted by Crippen LogP contribution is 2.37. The summed E-state index contributed by atoms with van der Waals surface area (Å²) in [5, 5.41) is 23.9. The molecule has 2 aliphatic rings. The summed E-state index contributed by atoms with van der Waals surface area (Å²) in [7, 11) is -4.00. The Balaban J connectivity index is 1.51. The number of rotatable bonds is 12. The summed E-state index contributed by atoms with van der Waals surface area (Å²) >= 11 is 0. The Morgan fingerprint density at radius 1 is 1.15 bits per heavy atom. The number of fused-ring (bicyclic) bond motifs is 1. The van der Waals surface area contributed by atoms with Crippen molar-refractivity contribution in [3.05, 3.63) is 65.2 Å². The average molecular weight is 575 g/mol. The topological polar surface area (TPSA) is 125 Å². The number of sulfonamides is 1. The normalized spacial score (nSPS) is 22.3. The summed E-state index contributed by atoms with van der Waals surface area (Å²) in [5.74, 6) is 0.394. The molecule has 220 valence electrons. The van der Waals surface area contributed by atoms with Gasteiger partial charge in [-0.3, -0.25) is 0 Å². The largest absolute Gasteiger partial charge is 0.446 e. The molecule has 0 spiro atoms. The van der Waals surface area contributed by atoms with Crippen LogP contribution in [0.3, 0.4) is 0 Å². The molecule has 1 amide bonds. The maximum absolute atomic E-state index is 13.7. The van der Waals surface area contributed by atoms with E-state index >= 15 is 0 Å². The number of amides is 1. The van der Waals surface area contributed by atoms with Gasteiger partial charge < -0.3 is 25.0 Å². The molecule has 3 N–H and O–H groups in total. The molecule has 1 saturated heterocycles. The van der Waals surface area contributed by atoms with Crippen LogP contribution in [0.1, 0.15) is 49.8 Å². The number of nitrogens with one attached hydrogen (secondary N) is 1. The predicted octanol–water partition coefficient (Wildman–Crippen LogP) is 3.40. The van der Waals surface area contributed by atoms with Crippen LogP contribution in [0.25, 0.3) is 0 Å². The molecule has 1 unspecified atom stereocenters. The van der Waals surface area contributed by atoms with Crippen LogP contribution in [0.2, 0.25) is 0 Å². The van der Waals surface area contributed by atoms with Crippen LogP contribution >= 0.6 is 0 Å². The third kappa shape index (κ3) is 7.61. The Hall–Kier alpha value is -2.50. The molecular weight excluding hydrogens is 532 g/mol. The van der Waals surface area contributed by atoms with Gasteiger partial charge in [-0.1, -0.05) is 50.2 Å². The molecule has 1 aliphatic carbocycles. The molecule has 9 nitrogen and oxygen atoms in total. The second kappa shape index (κ2) is 13.4. The maximum Gasteiger partial charge on any atom is 0.407 e. The third-order valence-electron chi connectivity index (χ3n) is 7.84. The van der Waals surface area contributed by atoms with Crippen molar-refractivity contribution in [3.63, 3.8) is 0 Å². The minimum absolute atomic E-state index is 0.0146. The molecule has 5 atom stereocenters. The Morgan fingerprint density at radius 3 is 2.58 bits per heavy atom. The van der Waals surface area contributed by atoms with E-state index in [9.17, 15) is 23.4 Å². The Kier molecular flexibility index (Phi) is 10.2. The highest BCUT2D eigenvalue weighted by Gasteiger charge is 2.40. The summed E-state index contributed by atoms with van der Waals surface area (Å²) in [6.07, 6.45) is 0.738. The quantitative estimate of drug-likeness (QED) is 0.355. The molecule has 1 saturated carbocycles. The summed E-state index contributed by atoms with van der Waals surface area (Å²) in [6, 6.07) is 13.3. The Bertz CT molecular complexity index is 1230. The van der Waals surface area contributed by atoms with Crippen LogP contribution < -0.4 is 5.32 Å². The Labute approximate surface area is 237 Å². The molecule has 0 radical (unpaired) electrons. The second-order valence-corrected chi connectivity index (χ2v) is 13.4. The van der Waals surface area contributed by atoms with Crippen LogP contribution in [-0.4, -0.2) is 73.1 Å². The zero-order chi connectivity index (χ0) is 28.9. The molecule has 0 bridgehead atoms. The van der Waals surface area contributed by atoms with E-state index in [-0.39, 0.29) is 42.7 Å². The first-order valence-corrected chi connectivity index (χ1v) is 15.5. The number of ether oxygens (including phenoxy) is 2. The van der Waals surface area contributed by atoms with Gasteiger partial charge in [-0.05, 0) is 66.8 Å². The summed E-state index contributed by atoms with van der Waals surface area (Å²) in [6.45, 7) is 6.04. The summed E-state index contributed by atoms with van der Waals surface area (Å²) in [5.41, 5.74) is 2.21. The summed E-state index contributed by atoms with van der Waals surface area (Å²) in [4.78, 5) is 13.0. The van der Waals surface area contributed by atoms with E-state index in [2.05, 4.69) is 5.32 Å². The first-order valence-electron chi connectivity index (χ1n) is 14.1. The van der Waals surface area contributed by atoms with Gasteiger partial charge in [-0.2, -0.15) is 4.31 Å². The molecule has 2 aromatic rings. The second-order valence-electron chi connectivity index (χ2n) is 11.4. The SMILES string of the molecule is Cc1ccc(S(=O)(=O)N(CC(C)C)C[C@@H](O)[C@H](Cc2ccccc2)NC(=O)O[C@@H]2CC3CCO[C@@H]3C2)cc1CO. The molecule has 2 fully saturated rings. The van der Waals surface area contributed by atoms with Gasteiger partial charge >= 0.3 is 6.09 Å². The van der Waals surface area contributed by atoms with Crippen molar-refractivity contribution in [2.24, 2.45) is 11.8 Å². The zero-order valence-electron chi connectivity index (χ0n) is 23.5. The number of aliphatic hydroxyl groups excluding tert-OH is 2. The van der Waals surface area contributed by atoms with Crippen molar-refractivity contribution in [3.8, 4) is 0 Å². The smallest absolute Gasteiger partial charge is 0.407 e. The minimum atomic E-state index is -4.00. The van der Waals surface area contributed by atoms with Crippen LogP contribution in [-0.2, 0) is 32.5 Å². The van der Waals surface area contributed by atoms with E-state index < -0.39 is 28.3 Å². The first kappa shape index (κ1) is 30.5. The van der Waals surface area contributed by atoms with Crippen molar-refractivity contribution < 1.29 is 32.9 Å². The molecule has 1 aliphatic heterocycles. The van der Waals surface area contributed by atoms with Gasteiger partial charge in [0.25, 0.3) is 0 Å². The van der Waals surface area contributed by atoms with E-state index in [4.69, 9.17) is 9.47 Å². The van der Waals surface area contributed by atoms with Crippen molar-refractivity contribution in [2.45, 2.75) is 82.3 Å². The molecule has 10 heteroatoms. The molecular formula is C30H42N2O7S.